The second-order valence-corrected chi connectivity index (χ2v) is 8.53. The highest BCUT2D eigenvalue weighted by Crippen LogP contribution is 2.36. The number of hydrogen-bond donors (Lipinski definition) is 1. The van der Waals surface area contributed by atoms with Crippen molar-refractivity contribution in [3.05, 3.63) is 77.1 Å². The van der Waals surface area contributed by atoms with E-state index in [9.17, 15) is 5.11 Å². The zero-order chi connectivity index (χ0) is 23.5. The number of nitrogens with zero attached hydrogens (tertiary/aromatic N) is 3. The molecule has 0 saturated carbocycles. The lowest BCUT2D eigenvalue weighted by Gasteiger charge is -2.16. The van der Waals surface area contributed by atoms with Crippen molar-refractivity contribution < 1.29 is 14.6 Å². The average molecular weight is 446 g/mol. The number of aryl methyl sites for hydroxylation is 1. The number of imidazole rings is 1. The summed E-state index contributed by atoms with van der Waals surface area (Å²) < 4.78 is 13.3. The summed E-state index contributed by atoms with van der Waals surface area (Å²) in [6.45, 7) is 7.45. The Kier molecular flexibility index (Phi) is 6.77. The van der Waals surface area contributed by atoms with Crippen molar-refractivity contribution in [2.45, 2.75) is 39.3 Å². The van der Waals surface area contributed by atoms with Crippen LogP contribution in [0.25, 0.3) is 22.4 Å². The van der Waals surface area contributed by atoms with Crippen LogP contribution in [0.3, 0.4) is 0 Å². The van der Waals surface area contributed by atoms with Crippen LogP contribution in [0.2, 0.25) is 0 Å². The topological polar surface area (TPSA) is 69.4 Å². The zero-order valence-corrected chi connectivity index (χ0v) is 19.9. The summed E-state index contributed by atoms with van der Waals surface area (Å²) in [4.78, 5) is 9.30. The van der Waals surface area contributed by atoms with Crippen LogP contribution in [0, 0.1) is 6.92 Å². The van der Waals surface area contributed by atoms with E-state index >= 15 is 0 Å². The molecule has 1 N–H and O–H groups in total. The van der Waals surface area contributed by atoms with Gasteiger partial charge in [-0.25, -0.2) is 4.98 Å². The third-order valence-corrected chi connectivity index (χ3v) is 6.06. The van der Waals surface area contributed by atoms with E-state index < -0.39 is 6.10 Å². The summed E-state index contributed by atoms with van der Waals surface area (Å²) >= 11 is 0. The normalized spacial score (nSPS) is 12.5. The van der Waals surface area contributed by atoms with Gasteiger partial charge in [-0.15, -0.1) is 0 Å². The van der Waals surface area contributed by atoms with Gasteiger partial charge in [-0.05, 0) is 42.2 Å². The highest BCUT2D eigenvalue weighted by molar-refractivity contribution is 5.87. The maximum absolute atomic E-state index is 11.1. The second-order valence-electron chi connectivity index (χ2n) is 8.53. The standard InChI is InChI=1S/C27H31N3O3/c1-17(2)19-8-10-20(11-9-19)27-29-23-15-21(26(31)22-7-6-12-28-18(22)3)16-24(33-5)25(23)30(27)13-14-32-4/h6-12,15-17,26,31H,13-14H2,1-5H3. The van der Waals surface area contributed by atoms with Crippen LogP contribution >= 0.6 is 0 Å². The zero-order valence-electron chi connectivity index (χ0n) is 19.9. The van der Waals surface area contributed by atoms with E-state index in [-0.39, 0.29) is 0 Å². The molecule has 0 bridgehead atoms. The van der Waals surface area contributed by atoms with Gasteiger partial charge in [-0.1, -0.05) is 44.2 Å². The molecule has 1 atom stereocenters. The van der Waals surface area contributed by atoms with Gasteiger partial charge in [-0.3, -0.25) is 4.98 Å². The van der Waals surface area contributed by atoms with Crippen LogP contribution in [-0.2, 0) is 11.3 Å². The molecular formula is C27H31N3O3. The Balaban J connectivity index is 1.88. The highest BCUT2D eigenvalue weighted by Gasteiger charge is 2.21. The van der Waals surface area contributed by atoms with Crippen LogP contribution in [0.4, 0.5) is 0 Å². The quantitative estimate of drug-likeness (QED) is 0.400. The summed E-state index contributed by atoms with van der Waals surface area (Å²) in [6.07, 6.45) is 0.902. The number of ether oxygens (including phenoxy) is 2. The van der Waals surface area contributed by atoms with Crippen LogP contribution in [0.5, 0.6) is 5.75 Å². The number of fused-ring (bicyclic) bond motifs is 1. The van der Waals surface area contributed by atoms with Crippen molar-refractivity contribution in [1.29, 1.82) is 0 Å². The number of hydrogen-bond acceptors (Lipinski definition) is 5. The summed E-state index contributed by atoms with van der Waals surface area (Å²) in [5.41, 5.74) is 6.24. The van der Waals surface area contributed by atoms with E-state index in [1.54, 1.807) is 20.4 Å². The van der Waals surface area contributed by atoms with E-state index in [0.29, 0.717) is 30.4 Å². The van der Waals surface area contributed by atoms with Crippen molar-refractivity contribution in [2.24, 2.45) is 0 Å². The molecule has 0 aliphatic carbocycles. The molecule has 33 heavy (non-hydrogen) atoms. The van der Waals surface area contributed by atoms with Crippen molar-refractivity contribution in [3.63, 3.8) is 0 Å². The molecule has 1 unspecified atom stereocenters. The van der Waals surface area contributed by atoms with Gasteiger partial charge in [0.05, 0.1) is 19.2 Å². The molecule has 172 valence electrons. The fraction of sp³-hybridized carbons (Fsp3) is 0.333. The van der Waals surface area contributed by atoms with E-state index in [4.69, 9.17) is 14.5 Å². The van der Waals surface area contributed by atoms with Gasteiger partial charge in [0.15, 0.2) is 0 Å². The Hall–Kier alpha value is -3.22. The Morgan fingerprint density at radius 2 is 1.79 bits per heavy atom. The molecule has 0 aliphatic rings. The number of aliphatic hydroxyl groups is 1. The molecule has 2 aromatic carbocycles. The highest BCUT2D eigenvalue weighted by atomic mass is 16.5. The van der Waals surface area contributed by atoms with E-state index in [1.165, 1.54) is 5.56 Å². The third-order valence-electron chi connectivity index (χ3n) is 6.06. The summed E-state index contributed by atoms with van der Waals surface area (Å²) in [6, 6.07) is 16.1. The first-order valence-electron chi connectivity index (χ1n) is 11.2. The Labute approximate surface area is 194 Å². The third kappa shape index (κ3) is 4.49. The summed E-state index contributed by atoms with van der Waals surface area (Å²) in [5, 5.41) is 11.1. The maximum atomic E-state index is 11.1. The summed E-state index contributed by atoms with van der Waals surface area (Å²) in [5.74, 6) is 1.98. The Bertz CT molecular complexity index is 1250. The van der Waals surface area contributed by atoms with Gasteiger partial charge >= 0.3 is 0 Å². The van der Waals surface area contributed by atoms with Gasteiger partial charge in [0.1, 0.15) is 23.2 Å². The molecule has 0 fully saturated rings. The fourth-order valence-electron chi connectivity index (χ4n) is 4.17. The molecule has 0 saturated heterocycles. The molecule has 2 aromatic heterocycles. The minimum Gasteiger partial charge on any atom is -0.494 e. The predicted molar refractivity (Wildman–Crippen MR) is 131 cm³/mol. The number of pyridine rings is 1. The average Bonchev–Trinajstić information content (AvgIpc) is 3.20. The van der Waals surface area contributed by atoms with Crippen LogP contribution < -0.4 is 4.74 Å². The Morgan fingerprint density at radius 3 is 2.42 bits per heavy atom. The molecular weight excluding hydrogens is 414 g/mol. The first-order chi connectivity index (χ1) is 15.9. The first kappa shape index (κ1) is 23.0. The number of methoxy groups -OCH3 is 2. The number of aromatic nitrogens is 3. The number of benzene rings is 2. The minimum atomic E-state index is -0.824. The molecule has 6 heteroatoms. The largest absolute Gasteiger partial charge is 0.494 e. The van der Waals surface area contributed by atoms with Gasteiger partial charge in [0.2, 0.25) is 0 Å². The van der Waals surface area contributed by atoms with Crippen molar-refractivity contribution in [1.82, 2.24) is 14.5 Å². The molecule has 4 rings (SSSR count). The first-order valence-corrected chi connectivity index (χ1v) is 11.2. The van der Waals surface area contributed by atoms with Crippen molar-refractivity contribution in [3.8, 4) is 17.1 Å². The lowest BCUT2D eigenvalue weighted by molar-refractivity contribution is 0.188. The van der Waals surface area contributed by atoms with Gasteiger partial charge in [-0.2, -0.15) is 0 Å². The van der Waals surface area contributed by atoms with Crippen LogP contribution in [0.15, 0.2) is 54.7 Å². The second kappa shape index (κ2) is 9.73. The van der Waals surface area contributed by atoms with Crippen molar-refractivity contribution >= 4 is 11.0 Å². The predicted octanol–water partition coefficient (Wildman–Crippen LogP) is 5.27. The molecule has 2 heterocycles. The molecule has 4 aromatic rings. The van der Waals surface area contributed by atoms with E-state index in [2.05, 4.69) is 47.7 Å². The molecule has 0 amide bonds. The van der Waals surface area contributed by atoms with Gasteiger partial charge < -0.3 is 19.1 Å². The van der Waals surface area contributed by atoms with Crippen LogP contribution in [-0.4, -0.2) is 40.5 Å². The van der Waals surface area contributed by atoms with Gasteiger partial charge in [0.25, 0.3) is 0 Å². The maximum Gasteiger partial charge on any atom is 0.145 e. The summed E-state index contributed by atoms with van der Waals surface area (Å²) in [7, 11) is 3.34. The smallest absolute Gasteiger partial charge is 0.145 e. The van der Waals surface area contributed by atoms with Crippen LogP contribution in [0.1, 0.15) is 48.3 Å². The molecule has 0 aliphatic heterocycles. The van der Waals surface area contributed by atoms with Gasteiger partial charge in [0, 0.05) is 36.7 Å². The van der Waals surface area contributed by atoms with Crippen molar-refractivity contribution in [2.75, 3.05) is 20.8 Å². The molecule has 6 nitrogen and oxygen atoms in total. The lowest BCUT2D eigenvalue weighted by Crippen LogP contribution is -2.07. The lowest BCUT2D eigenvalue weighted by atomic mass is 9.99. The fourth-order valence-corrected chi connectivity index (χ4v) is 4.17. The molecule has 0 radical (unpaired) electrons. The monoisotopic (exact) mass is 445 g/mol. The SMILES string of the molecule is COCCn1c(-c2ccc(C(C)C)cc2)nc2cc(C(O)c3cccnc3C)cc(OC)c21. The number of rotatable bonds is 8. The Morgan fingerprint density at radius 1 is 1.03 bits per heavy atom. The number of aliphatic hydroxyl groups excluding tert-OH is 1. The van der Waals surface area contributed by atoms with E-state index in [1.807, 2.05) is 31.2 Å². The minimum absolute atomic E-state index is 0.464. The molecule has 0 spiro atoms. The van der Waals surface area contributed by atoms with E-state index in [0.717, 1.165) is 33.7 Å².